The molecule has 120 valence electrons. The lowest BCUT2D eigenvalue weighted by Crippen LogP contribution is -2.35. The van der Waals surface area contributed by atoms with Crippen LogP contribution in [0, 0.1) is 23.7 Å². The van der Waals surface area contributed by atoms with Crippen molar-refractivity contribution in [2.24, 2.45) is 23.7 Å². The Labute approximate surface area is 128 Å². The molecule has 21 heavy (non-hydrogen) atoms. The zero-order chi connectivity index (χ0) is 14.9. The van der Waals surface area contributed by atoms with Gasteiger partial charge < -0.3 is 0 Å². The number of carbonyl (C=O) groups is 1. The number of carbonyl (C=O) groups excluding carboxylic acids is 1. The Balaban J connectivity index is 1.41. The van der Waals surface area contributed by atoms with Crippen molar-refractivity contribution >= 4 is 15.9 Å². The molecule has 3 aliphatic rings. The first kappa shape index (κ1) is 15.3. The van der Waals surface area contributed by atoms with Gasteiger partial charge in [0.15, 0.2) is 0 Å². The summed E-state index contributed by atoms with van der Waals surface area (Å²) >= 11 is 0. The molecule has 0 bridgehead atoms. The van der Waals surface area contributed by atoms with E-state index in [4.69, 9.17) is 0 Å². The van der Waals surface area contributed by atoms with Gasteiger partial charge in [0, 0.05) is 5.92 Å². The fourth-order valence-corrected chi connectivity index (χ4v) is 5.19. The number of nitrogens with one attached hydrogen (secondary N) is 1. The molecule has 3 fully saturated rings. The highest BCUT2D eigenvalue weighted by Gasteiger charge is 2.49. The summed E-state index contributed by atoms with van der Waals surface area (Å²) < 4.78 is 26.4. The SMILES string of the molecule is O=C(NS(=O)(=O)CCC1CCCCC1)[C@H]1C[C@@H]1C1CCC1. The van der Waals surface area contributed by atoms with Crippen molar-refractivity contribution in [3.05, 3.63) is 0 Å². The minimum atomic E-state index is -3.42. The summed E-state index contributed by atoms with van der Waals surface area (Å²) in [5, 5.41) is 0. The van der Waals surface area contributed by atoms with Crippen LogP contribution in [0.3, 0.4) is 0 Å². The number of amides is 1. The molecule has 2 atom stereocenters. The van der Waals surface area contributed by atoms with Gasteiger partial charge in [-0.15, -0.1) is 0 Å². The lowest BCUT2D eigenvalue weighted by atomic mass is 9.81. The van der Waals surface area contributed by atoms with Crippen LogP contribution in [0.15, 0.2) is 0 Å². The topological polar surface area (TPSA) is 63.2 Å². The van der Waals surface area contributed by atoms with E-state index < -0.39 is 10.0 Å². The van der Waals surface area contributed by atoms with Crippen molar-refractivity contribution in [1.29, 1.82) is 0 Å². The Hall–Kier alpha value is -0.580. The van der Waals surface area contributed by atoms with E-state index in [0.29, 0.717) is 24.2 Å². The van der Waals surface area contributed by atoms with Crippen molar-refractivity contribution in [3.8, 4) is 0 Å². The van der Waals surface area contributed by atoms with Gasteiger partial charge >= 0.3 is 0 Å². The molecular weight excluding hydrogens is 286 g/mol. The molecule has 5 heteroatoms. The molecular formula is C16H27NO3S. The first-order chi connectivity index (χ1) is 10.1. The molecule has 0 aromatic heterocycles. The third kappa shape index (κ3) is 3.99. The summed E-state index contributed by atoms with van der Waals surface area (Å²) in [6.45, 7) is 0. The summed E-state index contributed by atoms with van der Waals surface area (Å²) in [5.74, 6) is 1.53. The fraction of sp³-hybridized carbons (Fsp3) is 0.938. The molecule has 1 N–H and O–H groups in total. The lowest BCUT2D eigenvalue weighted by molar-refractivity contribution is -0.121. The van der Waals surface area contributed by atoms with Gasteiger partial charge in [0.1, 0.15) is 0 Å². The molecule has 3 rings (SSSR count). The largest absolute Gasteiger partial charge is 0.274 e. The van der Waals surface area contributed by atoms with Gasteiger partial charge in [-0.2, -0.15) is 0 Å². The maximum Gasteiger partial charge on any atom is 0.236 e. The second kappa shape index (κ2) is 6.27. The minimum absolute atomic E-state index is 0.0280. The number of hydrogen-bond acceptors (Lipinski definition) is 3. The van der Waals surface area contributed by atoms with E-state index in [-0.39, 0.29) is 17.6 Å². The normalized spacial score (nSPS) is 30.7. The number of rotatable bonds is 6. The third-order valence-corrected chi connectivity index (χ3v) is 6.99. The van der Waals surface area contributed by atoms with Crippen LogP contribution in [-0.2, 0) is 14.8 Å². The molecule has 0 spiro atoms. The number of hydrogen-bond donors (Lipinski definition) is 1. The predicted molar refractivity (Wildman–Crippen MR) is 82.1 cm³/mol. The highest BCUT2D eigenvalue weighted by atomic mass is 32.2. The average molecular weight is 313 g/mol. The average Bonchev–Trinajstić information content (AvgIpc) is 3.15. The van der Waals surface area contributed by atoms with Crippen molar-refractivity contribution in [1.82, 2.24) is 4.72 Å². The second-order valence-corrected chi connectivity index (χ2v) is 9.12. The zero-order valence-corrected chi connectivity index (χ0v) is 13.5. The molecule has 0 aromatic carbocycles. The van der Waals surface area contributed by atoms with Crippen molar-refractivity contribution in [2.45, 2.75) is 64.2 Å². The van der Waals surface area contributed by atoms with Gasteiger partial charge in [-0.25, -0.2) is 8.42 Å². The first-order valence-corrected chi connectivity index (χ1v) is 10.2. The maximum absolute atomic E-state index is 12.0. The summed E-state index contributed by atoms with van der Waals surface area (Å²) in [4.78, 5) is 12.0. The smallest absolute Gasteiger partial charge is 0.236 e. The number of sulfonamides is 1. The Bertz CT molecular complexity index is 478. The summed E-state index contributed by atoms with van der Waals surface area (Å²) in [6, 6.07) is 0. The van der Waals surface area contributed by atoms with E-state index in [9.17, 15) is 13.2 Å². The van der Waals surface area contributed by atoms with E-state index in [1.807, 2.05) is 0 Å². The molecule has 0 aliphatic heterocycles. The summed E-state index contributed by atoms with van der Waals surface area (Å²) in [5.41, 5.74) is 0. The third-order valence-electron chi connectivity index (χ3n) is 5.71. The molecule has 0 unspecified atom stereocenters. The van der Waals surface area contributed by atoms with Gasteiger partial charge in [0.2, 0.25) is 15.9 Å². The highest BCUT2D eigenvalue weighted by Crippen LogP contribution is 2.51. The standard InChI is InChI=1S/C16H27NO3S/c18-16(15-11-14(15)13-7-4-8-13)17-21(19,20)10-9-12-5-2-1-3-6-12/h12-15H,1-11H2,(H,17,18)/t14-,15+/m1/s1. The van der Waals surface area contributed by atoms with Crippen LogP contribution >= 0.6 is 0 Å². The predicted octanol–water partition coefficient (Wildman–Crippen LogP) is 2.84. The fourth-order valence-electron chi connectivity index (χ4n) is 3.98. The van der Waals surface area contributed by atoms with E-state index in [2.05, 4.69) is 4.72 Å². The van der Waals surface area contributed by atoms with Gasteiger partial charge in [0.25, 0.3) is 0 Å². The minimum Gasteiger partial charge on any atom is -0.274 e. The van der Waals surface area contributed by atoms with Crippen molar-refractivity contribution in [3.63, 3.8) is 0 Å². The van der Waals surface area contributed by atoms with Crippen LogP contribution in [0.2, 0.25) is 0 Å². The molecule has 3 aliphatic carbocycles. The first-order valence-electron chi connectivity index (χ1n) is 8.59. The van der Waals surface area contributed by atoms with Gasteiger partial charge in [-0.3, -0.25) is 9.52 Å². The van der Waals surface area contributed by atoms with E-state index >= 15 is 0 Å². The van der Waals surface area contributed by atoms with Crippen LogP contribution in [-0.4, -0.2) is 20.1 Å². The van der Waals surface area contributed by atoms with Crippen LogP contribution in [0.25, 0.3) is 0 Å². The Morgan fingerprint density at radius 3 is 2.33 bits per heavy atom. The zero-order valence-electron chi connectivity index (χ0n) is 12.7. The van der Waals surface area contributed by atoms with Gasteiger partial charge in [-0.05, 0) is 30.6 Å². The monoisotopic (exact) mass is 313 g/mol. The van der Waals surface area contributed by atoms with Crippen LogP contribution in [0.1, 0.15) is 64.2 Å². The quantitative estimate of drug-likeness (QED) is 0.820. The molecule has 0 saturated heterocycles. The van der Waals surface area contributed by atoms with Crippen LogP contribution in [0.5, 0.6) is 0 Å². The molecule has 0 heterocycles. The Morgan fingerprint density at radius 1 is 1.00 bits per heavy atom. The lowest BCUT2D eigenvalue weighted by Gasteiger charge is -2.25. The van der Waals surface area contributed by atoms with E-state index in [0.717, 1.165) is 19.3 Å². The molecule has 0 radical (unpaired) electrons. The van der Waals surface area contributed by atoms with E-state index in [1.165, 1.54) is 38.5 Å². The van der Waals surface area contributed by atoms with E-state index in [1.54, 1.807) is 0 Å². The molecule has 3 saturated carbocycles. The van der Waals surface area contributed by atoms with Gasteiger partial charge in [-0.1, -0.05) is 51.4 Å². The Morgan fingerprint density at radius 2 is 1.71 bits per heavy atom. The molecule has 1 amide bonds. The maximum atomic E-state index is 12.0. The second-order valence-electron chi connectivity index (χ2n) is 7.27. The van der Waals surface area contributed by atoms with Gasteiger partial charge in [0.05, 0.1) is 5.75 Å². The summed E-state index contributed by atoms with van der Waals surface area (Å²) in [7, 11) is -3.42. The molecule has 4 nitrogen and oxygen atoms in total. The summed E-state index contributed by atoms with van der Waals surface area (Å²) in [6.07, 6.45) is 11.4. The van der Waals surface area contributed by atoms with Crippen LogP contribution in [0.4, 0.5) is 0 Å². The van der Waals surface area contributed by atoms with Crippen LogP contribution < -0.4 is 4.72 Å². The highest BCUT2D eigenvalue weighted by molar-refractivity contribution is 7.90. The Kier molecular flexibility index (Phi) is 4.57. The molecule has 0 aromatic rings. The van der Waals surface area contributed by atoms with Crippen molar-refractivity contribution in [2.75, 3.05) is 5.75 Å². The van der Waals surface area contributed by atoms with Crippen molar-refractivity contribution < 1.29 is 13.2 Å².